The largest absolute Gasteiger partial charge is 0.400 e. The average Bonchev–Trinajstić information content (AvgIpc) is 2.18. The van der Waals surface area contributed by atoms with Crippen molar-refractivity contribution in [3.8, 4) is 0 Å². The summed E-state index contributed by atoms with van der Waals surface area (Å²) in [7, 11) is 0.785. The van der Waals surface area contributed by atoms with Crippen molar-refractivity contribution in [1.82, 2.24) is 4.90 Å². The number of ether oxygens (including phenoxy) is 2. The van der Waals surface area contributed by atoms with Crippen LogP contribution >= 0.6 is 0 Å². The molecule has 78 valence electrons. The highest BCUT2D eigenvalue weighted by molar-refractivity contribution is 4.72. The van der Waals surface area contributed by atoms with Crippen molar-refractivity contribution in [3.63, 3.8) is 0 Å². The maximum absolute atomic E-state index is 13.1. The first-order chi connectivity index (χ1) is 6.08. The van der Waals surface area contributed by atoms with Crippen LogP contribution in [0.25, 0.3) is 0 Å². The van der Waals surface area contributed by atoms with E-state index >= 15 is 0 Å². The van der Waals surface area contributed by atoms with Crippen LogP contribution in [-0.2, 0) is 9.47 Å². The highest BCUT2D eigenvalue weighted by Gasteiger charge is 2.44. The Balaban J connectivity index is 2.49. The second-order valence-electron chi connectivity index (χ2n) is 2.75. The molecule has 1 heterocycles. The van der Waals surface area contributed by atoms with Gasteiger partial charge in [-0.05, 0) is 0 Å². The fourth-order valence-corrected chi connectivity index (χ4v) is 1.11. The lowest BCUT2D eigenvalue weighted by Gasteiger charge is -2.32. The lowest BCUT2D eigenvalue weighted by molar-refractivity contribution is -0.293. The lowest BCUT2D eigenvalue weighted by Crippen LogP contribution is -2.50. The van der Waals surface area contributed by atoms with Gasteiger partial charge in [0.2, 0.25) is 6.30 Å². The highest BCUT2D eigenvalue weighted by atomic mass is 19.3. The molecule has 0 aromatic carbocycles. The summed E-state index contributed by atoms with van der Waals surface area (Å²) in [5.74, 6) is 0. The summed E-state index contributed by atoms with van der Waals surface area (Å²) in [5, 5.41) is 0. The van der Waals surface area contributed by atoms with Gasteiger partial charge in [-0.1, -0.05) is 0 Å². The predicted molar refractivity (Wildman–Crippen MR) is 39.2 cm³/mol. The van der Waals surface area contributed by atoms with Gasteiger partial charge in [-0.2, -0.15) is 8.78 Å². The fourth-order valence-electron chi connectivity index (χ4n) is 1.11. The zero-order chi connectivity index (χ0) is 9.90. The van der Waals surface area contributed by atoms with Gasteiger partial charge in [0.15, 0.2) is 0 Å². The second-order valence-corrected chi connectivity index (χ2v) is 2.75. The van der Waals surface area contributed by atoms with E-state index in [-0.39, 0.29) is 26.3 Å². The number of nitrogens with zero attached hydrogens (tertiary/aromatic N) is 1. The Kier molecular flexibility index (Phi) is 3.52. The quantitative estimate of drug-likeness (QED) is 0.629. The molecule has 0 aliphatic carbocycles. The molecule has 0 spiro atoms. The Morgan fingerprint density at radius 2 is 1.92 bits per heavy atom. The monoisotopic (exact) mass is 199 g/mol. The minimum absolute atomic E-state index is 0.167. The van der Waals surface area contributed by atoms with E-state index in [2.05, 4.69) is 4.74 Å². The normalized spacial score (nSPS) is 23.1. The van der Waals surface area contributed by atoms with Crippen LogP contribution in [0.15, 0.2) is 0 Å². The van der Waals surface area contributed by atoms with E-state index in [1.54, 1.807) is 0 Å². The van der Waals surface area contributed by atoms with Crippen LogP contribution < -0.4 is 0 Å². The number of methoxy groups -OCH3 is 1. The van der Waals surface area contributed by atoms with E-state index in [9.17, 15) is 13.2 Å². The molecule has 1 atom stereocenters. The van der Waals surface area contributed by atoms with Crippen LogP contribution in [0.4, 0.5) is 13.2 Å². The van der Waals surface area contributed by atoms with Crippen LogP contribution in [0, 0.1) is 0 Å². The Morgan fingerprint density at radius 1 is 1.38 bits per heavy atom. The Labute approximate surface area is 74.4 Å². The molecule has 1 rings (SSSR count). The van der Waals surface area contributed by atoms with Gasteiger partial charge in [0.25, 0.3) is 0 Å². The molecule has 1 saturated heterocycles. The van der Waals surface area contributed by atoms with Crippen molar-refractivity contribution >= 4 is 0 Å². The molecule has 0 bridgehead atoms. The summed E-state index contributed by atoms with van der Waals surface area (Å²) in [6.07, 6.45) is -6.13. The molecular formula is C7H12F3NO2. The fraction of sp³-hybridized carbons (Fsp3) is 1.00. The standard InChI is InChI=1S/C7H12F3NO2/c1-12-7(9,10)6(8)11-2-4-13-5-3-11/h6H,2-5H2,1H3. The van der Waals surface area contributed by atoms with Crippen molar-refractivity contribution in [2.45, 2.75) is 12.4 Å². The summed E-state index contributed by atoms with van der Waals surface area (Å²) in [5.41, 5.74) is 0. The van der Waals surface area contributed by atoms with E-state index < -0.39 is 12.4 Å². The molecule has 1 aliphatic rings. The molecule has 0 saturated carbocycles. The van der Waals surface area contributed by atoms with Crippen molar-refractivity contribution in [1.29, 1.82) is 0 Å². The lowest BCUT2D eigenvalue weighted by atomic mass is 10.4. The average molecular weight is 199 g/mol. The molecule has 0 aromatic rings. The van der Waals surface area contributed by atoms with Crippen LogP contribution in [0.2, 0.25) is 0 Å². The predicted octanol–water partition coefficient (Wildman–Crippen LogP) is 0.853. The highest BCUT2D eigenvalue weighted by Crippen LogP contribution is 2.25. The molecule has 0 radical (unpaired) electrons. The molecule has 1 aliphatic heterocycles. The third-order valence-corrected chi connectivity index (χ3v) is 1.92. The first-order valence-electron chi connectivity index (χ1n) is 3.97. The second kappa shape index (κ2) is 4.26. The van der Waals surface area contributed by atoms with Crippen molar-refractivity contribution < 1.29 is 22.6 Å². The SMILES string of the molecule is COC(F)(F)C(F)N1CCOCC1. The Morgan fingerprint density at radius 3 is 2.38 bits per heavy atom. The number of hydrogen-bond acceptors (Lipinski definition) is 3. The molecule has 1 fully saturated rings. The first kappa shape index (κ1) is 10.7. The van der Waals surface area contributed by atoms with Gasteiger partial charge in [-0.15, -0.1) is 0 Å². The topological polar surface area (TPSA) is 21.7 Å². The minimum Gasteiger partial charge on any atom is -0.379 e. The van der Waals surface area contributed by atoms with Crippen LogP contribution in [0.3, 0.4) is 0 Å². The van der Waals surface area contributed by atoms with Crippen LogP contribution in [0.1, 0.15) is 0 Å². The molecule has 13 heavy (non-hydrogen) atoms. The zero-order valence-electron chi connectivity index (χ0n) is 7.30. The molecule has 0 N–H and O–H groups in total. The minimum atomic E-state index is -3.74. The van der Waals surface area contributed by atoms with Gasteiger partial charge in [-0.3, -0.25) is 4.90 Å². The third-order valence-electron chi connectivity index (χ3n) is 1.92. The maximum atomic E-state index is 13.1. The van der Waals surface area contributed by atoms with E-state index in [1.807, 2.05) is 0 Å². The molecule has 0 aromatic heterocycles. The number of rotatable bonds is 3. The van der Waals surface area contributed by atoms with Gasteiger partial charge in [0.05, 0.1) is 13.2 Å². The summed E-state index contributed by atoms with van der Waals surface area (Å²) in [6, 6.07) is 0. The van der Waals surface area contributed by atoms with E-state index in [0.717, 1.165) is 12.0 Å². The van der Waals surface area contributed by atoms with Gasteiger partial charge in [-0.25, -0.2) is 4.39 Å². The van der Waals surface area contributed by atoms with Crippen molar-refractivity contribution in [2.75, 3.05) is 33.4 Å². The molecule has 3 nitrogen and oxygen atoms in total. The van der Waals surface area contributed by atoms with Crippen LogP contribution in [-0.4, -0.2) is 50.7 Å². The van der Waals surface area contributed by atoms with Gasteiger partial charge >= 0.3 is 6.11 Å². The van der Waals surface area contributed by atoms with Crippen LogP contribution in [0.5, 0.6) is 0 Å². The van der Waals surface area contributed by atoms with Gasteiger partial charge < -0.3 is 9.47 Å². The van der Waals surface area contributed by atoms with Crippen molar-refractivity contribution in [3.05, 3.63) is 0 Å². The number of alkyl halides is 3. The zero-order valence-corrected chi connectivity index (χ0v) is 7.30. The van der Waals surface area contributed by atoms with Gasteiger partial charge in [0.1, 0.15) is 0 Å². The van der Waals surface area contributed by atoms with E-state index in [0.29, 0.717) is 0 Å². The molecule has 6 heteroatoms. The Bertz CT molecular complexity index is 162. The van der Waals surface area contributed by atoms with Crippen molar-refractivity contribution in [2.24, 2.45) is 0 Å². The van der Waals surface area contributed by atoms with E-state index in [1.165, 1.54) is 0 Å². The summed E-state index contributed by atoms with van der Waals surface area (Å²) in [4.78, 5) is 1.01. The molecule has 1 unspecified atom stereocenters. The summed E-state index contributed by atoms with van der Waals surface area (Å²) >= 11 is 0. The number of morpholine rings is 1. The Hall–Kier alpha value is -0.330. The molecule has 0 amide bonds. The summed E-state index contributed by atoms with van der Waals surface area (Å²) < 4.78 is 47.0. The first-order valence-corrected chi connectivity index (χ1v) is 3.97. The summed E-state index contributed by atoms with van der Waals surface area (Å²) in [6.45, 7) is 0.890. The van der Waals surface area contributed by atoms with Gasteiger partial charge in [0, 0.05) is 20.2 Å². The smallest absolute Gasteiger partial charge is 0.379 e. The third kappa shape index (κ3) is 2.55. The number of hydrogen-bond donors (Lipinski definition) is 0. The number of halogens is 3. The molecular weight excluding hydrogens is 187 g/mol. The van der Waals surface area contributed by atoms with E-state index in [4.69, 9.17) is 4.74 Å². The maximum Gasteiger partial charge on any atom is 0.400 e.